The van der Waals surface area contributed by atoms with Crippen LogP contribution in [0.25, 0.3) is 0 Å². The standard InChI is InChI=1S/C22H24N2O8S/c1-30-21(26)17-7-8-18(22(27)31-2)19(13-17)23-20(25)16-5-3-15(4-6-16)14-33(28,29)24-9-11-32-12-10-24/h3-8,13H,9-12,14H2,1-2H3,(H,23,25). The van der Waals surface area contributed by atoms with E-state index in [1.807, 2.05) is 0 Å². The van der Waals surface area contributed by atoms with Crippen molar-refractivity contribution < 1.29 is 37.0 Å². The van der Waals surface area contributed by atoms with Crippen molar-refractivity contribution in [1.82, 2.24) is 4.31 Å². The molecule has 1 aliphatic rings. The Morgan fingerprint density at radius 1 is 0.939 bits per heavy atom. The zero-order valence-electron chi connectivity index (χ0n) is 18.2. The fraction of sp³-hybridized carbons (Fsp3) is 0.318. The van der Waals surface area contributed by atoms with Crippen LogP contribution in [-0.4, -0.2) is 71.1 Å². The smallest absolute Gasteiger partial charge is 0.339 e. The van der Waals surface area contributed by atoms with E-state index in [0.717, 1.165) is 0 Å². The van der Waals surface area contributed by atoms with Crippen molar-refractivity contribution in [3.05, 3.63) is 64.7 Å². The van der Waals surface area contributed by atoms with Crippen molar-refractivity contribution in [3.63, 3.8) is 0 Å². The topological polar surface area (TPSA) is 128 Å². The second-order valence-corrected chi connectivity index (χ2v) is 9.13. The Morgan fingerprint density at radius 3 is 2.15 bits per heavy atom. The van der Waals surface area contributed by atoms with Crippen LogP contribution in [-0.2, 0) is 30.0 Å². The zero-order chi connectivity index (χ0) is 24.0. The third-order valence-corrected chi connectivity index (χ3v) is 6.87. The molecule has 1 saturated heterocycles. The summed E-state index contributed by atoms with van der Waals surface area (Å²) in [6.07, 6.45) is 0. The van der Waals surface area contributed by atoms with Crippen molar-refractivity contribution >= 4 is 33.6 Å². The molecule has 1 fully saturated rings. The Hall–Kier alpha value is -3.28. The Balaban J connectivity index is 1.76. The summed E-state index contributed by atoms with van der Waals surface area (Å²) in [5, 5.41) is 2.59. The normalized spacial score (nSPS) is 14.4. The minimum Gasteiger partial charge on any atom is -0.465 e. The number of esters is 2. The van der Waals surface area contributed by atoms with Gasteiger partial charge in [-0.05, 0) is 35.9 Å². The van der Waals surface area contributed by atoms with Gasteiger partial charge in [-0.15, -0.1) is 0 Å². The van der Waals surface area contributed by atoms with Gasteiger partial charge in [-0.1, -0.05) is 12.1 Å². The van der Waals surface area contributed by atoms with E-state index >= 15 is 0 Å². The van der Waals surface area contributed by atoms with Gasteiger partial charge >= 0.3 is 11.9 Å². The largest absolute Gasteiger partial charge is 0.465 e. The Morgan fingerprint density at radius 2 is 1.55 bits per heavy atom. The molecule has 176 valence electrons. The second-order valence-electron chi connectivity index (χ2n) is 7.16. The van der Waals surface area contributed by atoms with E-state index in [0.29, 0.717) is 31.9 Å². The molecule has 0 radical (unpaired) electrons. The summed E-state index contributed by atoms with van der Waals surface area (Å²) < 4.78 is 41.1. The number of morpholine rings is 1. The van der Waals surface area contributed by atoms with Gasteiger partial charge in [0.1, 0.15) is 0 Å². The predicted octanol–water partition coefficient (Wildman–Crippen LogP) is 1.67. The first-order valence-corrected chi connectivity index (χ1v) is 11.6. The van der Waals surface area contributed by atoms with Crippen molar-refractivity contribution in [2.24, 2.45) is 0 Å². The van der Waals surface area contributed by atoms with Gasteiger partial charge in [-0.25, -0.2) is 18.0 Å². The summed E-state index contributed by atoms with van der Waals surface area (Å²) >= 11 is 0. The molecule has 0 spiro atoms. The van der Waals surface area contributed by atoms with Gasteiger partial charge in [0.25, 0.3) is 5.91 Å². The Bertz CT molecular complexity index is 1140. The van der Waals surface area contributed by atoms with Gasteiger partial charge in [-0.3, -0.25) is 4.79 Å². The lowest BCUT2D eigenvalue weighted by molar-refractivity contribution is 0.0587. The highest BCUT2D eigenvalue weighted by molar-refractivity contribution is 7.88. The first kappa shape index (κ1) is 24.4. The summed E-state index contributed by atoms with van der Waals surface area (Å²) in [4.78, 5) is 36.6. The lowest BCUT2D eigenvalue weighted by atomic mass is 10.1. The molecule has 0 unspecified atom stereocenters. The highest BCUT2D eigenvalue weighted by atomic mass is 32.2. The number of nitrogens with one attached hydrogen (secondary N) is 1. The van der Waals surface area contributed by atoms with Crippen molar-refractivity contribution in [2.75, 3.05) is 45.8 Å². The number of hydrogen-bond donors (Lipinski definition) is 1. The van der Waals surface area contributed by atoms with E-state index in [4.69, 9.17) is 9.47 Å². The minimum absolute atomic E-state index is 0.0618. The van der Waals surface area contributed by atoms with Crippen molar-refractivity contribution in [3.8, 4) is 0 Å². The molecule has 10 nitrogen and oxygen atoms in total. The maximum Gasteiger partial charge on any atom is 0.339 e. The highest BCUT2D eigenvalue weighted by Gasteiger charge is 2.24. The summed E-state index contributed by atoms with van der Waals surface area (Å²) in [7, 11) is -1.08. The van der Waals surface area contributed by atoms with E-state index < -0.39 is 27.9 Å². The number of sulfonamides is 1. The molecule has 0 atom stereocenters. The number of carbonyl (C=O) groups excluding carboxylic acids is 3. The third kappa shape index (κ3) is 5.95. The fourth-order valence-corrected chi connectivity index (χ4v) is 4.76. The summed E-state index contributed by atoms with van der Waals surface area (Å²) in [5.74, 6) is -2.06. The zero-order valence-corrected chi connectivity index (χ0v) is 19.0. The summed E-state index contributed by atoms with van der Waals surface area (Å²) in [5.41, 5.74) is 1.05. The van der Waals surface area contributed by atoms with E-state index in [2.05, 4.69) is 10.1 Å². The number of rotatable bonds is 7. The van der Waals surface area contributed by atoms with Gasteiger partial charge in [0.05, 0.1) is 50.0 Å². The number of methoxy groups -OCH3 is 2. The van der Waals surface area contributed by atoms with Crippen LogP contribution < -0.4 is 5.32 Å². The highest BCUT2D eigenvalue weighted by Crippen LogP contribution is 2.21. The van der Waals surface area contributed by atoms with Crippen molar-refractivity contribution in [1.29, 1.82) is 0 Å². The molecule has 2 aromatic carbocycles. The molecule has 33 heavy (non-hydrogen) atoms. The number of carbonyl (C=O) groups is 3. The molecule has 1 heterocycles. The number of anilines is 1. The maximum atomic E-state index is 12.8. The monoisotopic (exact) mass is 476 g/mol. The maximum absolute atomic E-state index is 12.8. The molecule has 1 N–H and O–H groups in total. The molecular formula is C22H24N2O8S. The van der Waals surface area contributed by atoms with Gasteiger partial charge in [0.15, 0.2) is 0 Å². The molecule has 0 saturated carbocycles. The average molecular weight is 477 g/mol. The van der Waals surface area contributed by atoms with Gasteiger partial charge in [0, 0.05) is 18.7 Å². The molecule has 0 bridgehead atoms. The van der Waals surface area contributed by atoms with Crippen LogP contribution in [0.1, 0.15) is 36.6 Å². The van der Waals surface area contributed by atoms with E-state index in [1.54, 1.807) is 12.1 Å². The Labute approximate surface area is 191 Å². The molecular weight excluding hydrogens is 452 g/mol. The fourth-order valence-electron chi connectivity index (χ4n) is 3.25. The summed E-state index contributed by atoms with van der Waals surface area (Å²) in [6, 6.07) is 10.1. The number of hydrogen-bond acceptors (Lipinski definition) is 8. The SMILES string of the molecule is COC(=O)c1ccc(C(=O)OC)c(NC(=O)c2ccc(CS(=O)(=O)N3CCOCC3)cc2)c1. The number of benzene rings is 2. The first-order chi connectivity index (χ1) is 15.7. The Kier molecular flexibility index (Phi) is 7.79. The predicted molar refractivity (Wildman–Crippen MR) is 119 cm³/mol. The number of ether oxygens (including phenoxy) is 3. The molecule has 1 aliphatic heterocycles. The van der Waals surface area contributed by atoms with Gasteiger partial charge < -0.3 is 19.5 Å². The average Bonchev–Trinajstić information content (AvgIpc) is 2.83. The molecule has 11 heteroatoms. The summed E-state index contributed by atoms with van der Waals surface area (Å²) in [6.45, 7) is 1.36. The van der Waals surface area contributed by atoms with Crippen LogP contribution in [0, 0.1) is 0 Å². The third-order valence-electron chi connectivity index (χ3n) is 5.02. The van der Waals surface area contributed by atoms with Crippen LogP contribution in [0.15, 0.2) is 42.5 Å². The second kappa shape index (κ2) is 10.6. The first-order valence-electron chi connectivity index (χ1n) is 10.0. The van der Waals surface area contributed by atoms with Crippen LogP contribution in [0.2, 0.25) is 0 Å². The minimum atomic E-state index is -3.49. The number of nitrogens with zero attached hydrogens (tertiary/aromatic N) is 1. The molecule has 2 aromatic rings. The van der Waals surface area contributed by atoms with Crippen molar-refractivity contribution in [2.45, 2.75) is 5.75 Å². The molecule has 3 rings (SSSR count). The van der Waals surface area contributed by atoms with Crippen LogP contribution >= 0.6 is 0 Å². The van der Waals surface area contributed by atoms with Gasteiger partial charge in [0.2, 0.25) is 10.0 Å². The molecule has 0 aliphatic carbocycles. The van der Waals surface area contributed by atoms with E-state index in [1.165, 1.54) is 48.9 Å². The number of amides is 1. The quantitative estimate of drug-likeness (QED) is 0.598. The van der Waals surface area contributed by atoms with Crippen LogP contribution in [0.5, 0.6) is 0 Å². The molecule has 1 amide bonds. The lowest BCUT2D eigenvalue weighted by Crippen LogP contribution is -2.41. The lowest BCUT2D eigenvalue weighted by Gasteiger charge is -2.26. The van der Waals surface area contributed by atoms with Crippen LogP contribution in [0.4, 0.5) is 5.69 Å². The van der Waals surface area contributed by atoms with Crippen LogP contribution in [0.3, 0.4) is 0 Å². The van der Waals surface area contributed by atoms with E-state index in [-0.39, 0.29) is 28.1 Å². The van der Waals surface area contributed by atoms with Gasteiger partial charge in [-0.2, -0.15) is 4.31 Å². The van der Waals surface area contributed by atoms with E-state index in [9.17, 15) is 22.8 Å². The molecule has 0 aromatic heterocycles.